The Morgan fingerprint density at radius 3 is 3.00 bits per heavy atom. The fraction of sp³-hybridized carbons (Fsp3) is 0.444. The van der Waals surface area contributed by atoms with Gasteiger partial charge in [0.25, 0.3) is 5.91 Å². The van der Waals surface area contributed by atoms with Crippen LogP contribution < -0.4 is 5.73 Å². The zero-order valence-corrected chi connectivity index (χ0v) is 13.7. The van der Waals surface area contributed by atoms with Gasteiger partial charge in [-0.1, -0.05) is 11.6 Å². The zero-order valence-electron chi connectivity index (χ0n) is 13.7. The summed E-state index contributed by atoms with van der Waals surface area (Å²) in [7, 11) is 0. The molecule has 0 aliphatic carbocycles. The maximum atomic E-state index is 12.9. The van der Waals surface area contributed by atoms with Crippen LogP contribution in [0.4, 0.5) is 0 Å². The number of aromatic nitrogens is 1. The van der Waals surface area contributed by atoms with Crippen molar-refractivity contribution in [3.05, 3.63) is 41.1 Å². The maximum absolute atomic E-state index is 12.9. The molecule has 2 aromatic rings. The summed E-state index contributed by atoms with van der Waals surface area (Å²) in [6.45, 7) is 6.29. The second kappa shape index (κ2) is 6.64. The topological polar surface area (TPSA) is 68.5 Å². The summed E-state index contributed by atoms with van der Waals surface area (Å²) in [5.74, 6) is 0.0312. The van der Waals surface area contributed by atoms with Gasteiger partial charge in [0, 0.05) is 18.5 Å². The predicted molar refractivity (Wildman–Crippen MR) is 90.5 cm³/mol. The first kappa shape index (κ1) is 15.9. The number of nitrogens with zero attached hydrogens (tertiary/aromatic N) is 2. The van der Waals surface area contributed by atoms with Crippen molar-refractivity contribution >= 4 is 16.8 Å². The summed E-state index contributed by atoms with van der Waals surface area (Å²) in [4.78, 5) is 19.3. The van der Waals surface area contributed by atoms with Gasteiger partial charge in [-0.15, -0.1) is 0 Å². The summed E-state index contributed by atoms with van der Waals surface area (Å²) in [6, 6.07) is 8.06. The third kappa shape index (κ3) is 3.35. The lowest BCUT2D eigenvalue weighted by Crippen LogP contribution is -2.46. The molecule has 1 saturated heterocycles. The standard InChI is InChI=1S/C18H23N3O2/c1-12-3-4-17-14(9-12)10-16(13(2)20-17)18(22)21-7-8-23-15(11-21)5-6-19/h3-4,9-10,15H,5-8,11,19H2,1-2H3. The second-order valence-electron chi connectivity index (χ2n) is 6.14. The molecule has 5 heteroatoms. The van der Waals surface area contributed by atoms with Crippen molar-refractivity contribution in [1.82, 2.24) is 9.88 Å². The molecular formula is C18H23N3O2. The molecule has 1 aromatic heterocycles. The van der Waals surface area contributed by atoms with Crippen molar-refractivity contribution in [3.8, 4) is 0 Å². The van der Waals surface area contributed by atoms with Crippen LogP contribution in [0.25, 0.3) is 10.9 Å². The molecule has 23 heavy (non-hydrogen) atoms. The number of morpholine rings is 1. The normalized spacial score (nSPS) is 18.4. The van der Waals surface area contributed by atoms with Crippen molar-refractivity contribution in [2.75, 3.05) is 26.2 Å². The Kier molecular flexibility index (Phi) is 4.59. The Balaban J connectivity index is 1.89. The minimum absolute atomic E-state index is 0.0312. The molecule has 1 unspecified atom stereocenters. The SMILES string of the molecule is Cc1ccc2nc(C)c(C(=O)N3CCOC(CCN)C3)cc2c1. The van der Waals surface area contributed by atoms with Crippen molar-refractivity contribution in [2.45, 2.75) is 26.4 Å². The highest BCUT2D eigenvalue weighted by Gasteiger charge is 2.26. The van der Waals surface area contributed by atoms with Crippen LogP contribution in [-0.2, 0) is 4.74 Å². The number of hydrogen-bond donors (Lipinski definition) is 1. The van der Waals surface area contributed by atoms with Crippen LogP contribution in [0, 0.1) is 13.8 Å². The van der Waals surface area contributed by atoms with Gasteiger partial charge in [-0.05, 0) is 45.0 Å². The quantitative estimate of drug-likeness (QED) is 0.941. The van der Waals surface area contributed by atoms with E-state index >= 15 is 0 Å². The number of fused-ring (bicyclic) bond motifs is 1. The van der Waals surface area contributed by atoms with E-state index in [-0.39, 0.29) is 12.0 Å². The number of aryl methyl sites for hydroxylation is 2. The third-order valence-electron chi connectivity index (χ3n) is 4.31. The summed E-state index contributed by atoms with van der Waals surface area (Å²) in [5.41, 5.74) is 9.13. The highest BCUT2D eigenvalue weighted by Crippen LogP contribution is 2.20. The summed E-state index contributed by atoms with van der Waals surface area (Å²) < 4.78 is 5.66. The van der Waals surface area contributed by atoms with E-state index in [1.54, 1.807) is 0 Å². The van der Waals surface area contributed by atoms with Gasteiger partial charge in [0.2, 0.25) is 0 Å². The minimum Gasteiger partial charge on any atom is -0.374 e. The number of benzene rings is 1. The number of carbonyl (C=O) groups is 1. The van der Waals surface area contributed by atoms with Crippen LogP contribution in [0.15, 0.2) is 24.3 Å². The molecule has 1 amide bonds. The third-order valence-corrected chi connectivity index (χ3v) is 4.31. The first-order valence-corrected chi connectivity index (χ1v) is 8.07. The molecule has 1 aromatic carbocycles. The average molecular weight is 313 g/mol. The fourth-order valence-electron chi connectivity index (χ4n) is 3.04. The molecule has 0 spiro atoms. The van der Waals surface area contributed by atoms with Crippen LogP contribution in [0.2, 0.25) is 0 Å². The van der Waals surface area contributed by atoms with Crippen LogP contribution in [-0.4, -0.2) is 48.1 Å². The van der Waals surface area contributed by atoms with E-state index in [9.17, 15) is 4.79 Å². The number of amides is 1. The summed E-state index contributed by atoms with van der Waals surface area (Å²) in [5, 5.41) is 1.01. The van der Waals surface area contributed by atoms with Gasteiger partial charge in [-0.25, -0.2) is 0 Å². The smallest absolute Gasteiger partial charge is 0.255 e. The van der Waals surface area contributed by atoms with E-state index in [4.69, 9.17) is 10.5 Å². The lowest BCUT2D eigenvalue weighted by Gasteiger charge is -2.33. The Labute approximate surface area is 136 Å². The molecule has 1 aliphatic rings. The Morgan fingerprint density at radius 2 is 2.22 bits per heavy atom. The first-order valence-electron chi connectivity index (χ1n) is 8.07. The zero-order chi connectivity index (χ0) is 16.4. The van der Waals surface area contributed by atoms with E-state index in [2.05, 4.69) is 11.1 Å². The minimum atomic E-state index is 0.0312. The van der Waals surface area contributed by atoms with Crippen molar-refractivity contribution in [2.24, 2.45) is 5.73 Å². The molecule has 3 rings (SSSR count). The molecule has 1 aliphatic heterocycles. The summed E-state index contributed by atoms with van der Waals surface area (Å²) >= 11 is 0. The highest BCUT2D eigenvalue weighted by atomic mass is 16.5. The number of pyridine rings is 1. The Bertz CT molecular complexity index is 728. The van der Waals surface area contributed by atoms with Gasteiger partial charge in [0.05, 0.1) is 29.5 Å². The number of ether oxygens (including phenoxy) is 1. The lowest BCUT2D eigenvalue weighted by atomic mass is 10.1. The van der Waals surface area contributed by atoms with Crippen molar-refractivity contribution < 1.29 is 9.53 Å². The van der Waals surface area contributed by atoms with Crippen LogP contribution >= 0.6 is 0 Å². The van der Waals surface area contributed by atoms with Crippen LogP contribution in [0.5, 0.6) is 0 Å². The van der Waals surface area contributed by atoms with Crippen LogP contribution in [0.1, 0.15) is 28.0 Å². The first-order chi connectivity index (χ1) is 11.1. The predicted octanol–water partition coefficient (Wildman–Crippen LogP) is 2.04. The molecule has 1 fully saturated rings. The Hall–Kier alpha value is -1.98. The summed E-state index contributed by atoms with van der Waals surface area (Å²) in [6.07, 6.45) is 0.812. The van der Waals surface area contributed by atoms with Gasteiger partial charge in [-0.3, -0.25) is 9.78 Å². The molecule has 2 N–H and O–H groups in total. The highest BCUT2D eigenvalue weighted by molar-refractivity contribution is 5.98. The molecule has 1 atom stereocenters. The number of nitrogens with two attached hydrogens (primary N) is 1. The van der Waals surface area contributed by atoms with Gasteiger partial charge in [0.15, 0.2) is 0 Å². The van der Waals surface area contributed by atoms with E-state index in [1.807, 2.05) is 36.9 Å². The van der Waals surface area contributed by atoms with Gasteiger partial charge in [-0.2, -0.15) is 0 Å². The fourth-order valence-corrected chi connectivity index (χ4v) is 3.04. The number of carbonyl (C=O) groups excluding carboxylic acids is 1. The molecular weight excluding hydrogens is 290 g/mol. The van der Waals surface area contributed by atoms with E-state index in [1.165, 1.54) is 0 Å². The van der Waals surface area contributed by atoms with Gasteiger partial charge in [0.1, 0.15) is 0 Å². The van der Waals surface area contributed by atoms with Gasteiger partial charge < -0.3 is 15.4 Å². The van der Waals surface area contributed by atoms with E-state index in [0.29, 0.717) is 31.8 Å². The average Bonchev–Trinajstić information content (AvgIpc) is 2.54. The number of rotatable bonds is 3. The second-order valence-corrected chi connectivity index (χ2v) is 6.14. The monoisotopic (exact) mass is 313 g/mol. The Morgan fingerprint density at radius 1 is 1.39 bits per heavy atom. The molecule has 0 saturated carbocycles. The van der Waals surface area contributed by atoms with Gasteiger partial charge >= 0.3 is 0 Å². The van der Waals surface area contributed by atoms with E-state index in [0.717, 1.165) is 28.6 Å². The molecule has 0 bridgehead atoms. The molecule has 5 nitrogen and oxygen atoms in total. The molecule has 122 valence electrons. The largest absolute Gasteiger partial charge is 0.374 e. The van der Waals surface area contributed by atoms with Crippen LogP contribution in [0.3, 0.4) is 0 Å². The molecule has 2 heterocycles. The van der Waals surface area contributed by atoms with Crippen molar-refractivity contribution in [3.63, 3.8) is 0 Å². The van der Waals surface area contributed by atoms with Crippen molar-refractivity contribution in [1.29, 1.82) is 0 Å². The maximum Gasteiger partial charge on any atom is 0.255 e. The lowest BCUT2D eigenvalue weighted by molar-refractivity contribution is -0.0236. The van der Waals surface area contributed by atoms with E-state index < -0.39 is 0 Å². The molecule has 0 radical (unpaired) electrons. The number of hydrogen-bond acceptors (Lipinski definition) is 4.